The lowest BCUT2D eigenvalue weighted by molar-refractivity contribution is -0.126. The van der Waals surface area contributed by atoms with Crippen molar-refractivity contribution < 1.29 is 18.0 Å². The summed E-state index contributed by atoms with van der Waals surface area (Å²) in [6.45, 7) is 6.61. The summed E-state index contributed by atoms with van der Waals surface area (Å²) < 4.78 is 23.1. The molecule has 2 saturated heterocycles. The molecule has 142 valence electrons. The second kappa shape index (κ2) is 6.68. The Morgan fingerprint density at radius 2 is 1.92 bits per heavy atom. The molecule has 2 fully saturated rings. The lowest BCUT2D eigenvalue weighted by atomic mass is 9.85. The van der Waals surface area contributed by atoms with Gasteiger partial charge in [-0.25, -0.2) is 8.42 Å². The van der Waals surface area contributed by atoms with Gasteiger partial charge in [-0.15, -0.1) is 0 Å². The first kappa shape index (κ1) is 18.9. The normalized spacial score (nSPS) is 25.5. The second-order valence-corrected chi connectivity index (χ2v) is 10.5. The zero-order valence-electron chi connectivity index (χ0n) is 15.5. The van der Waals surface area contributed by atoms with Crippen molar-refractivity contribution >= 4 is 27.3 Å². The minimum atomic E-state index is -3.04. The van der Waals surface area contributed by atoms with Gasteiger partial charge in [-0.2, -0.15) is 0 Å². The van der Waals surface area contributed by atoms with E-state index < -0.39 is 15.8 Å². The van der Waals surface area contributed by atoms with Crippen molar-refractivity contribution in [1.29, 1.82) is 0 Å². The summed E-state index contributed by atoms with van der Waals surface area (Å²) in [6, 6.07) is 7.45. The van der Waals surface area contributed by atoms with Crippen molar-refractivity contribution in [2.45, 2.75) is 45.1 Å². The van der Waals surface area contributed by atoms with Gasteiger partial charge in [0, 0.05) is 24.7 Å². The highest BCUT2D eigenvalue weighted by Crippen LogP contribution is 2.35. The van der Waals surface area contributed by atoms with Crippen LogP contribution in [-0.4, -0.2) is 44.3 Å². The fourth-order valence-electron chi connectivity index (χ4n) is 3.69. The predicted octanol–water partition coefficient (Wildman–Crippen LogP) is 1.64. The van der Waals surface area contributed by atoms with Gasteiger partial charge in [0.05, 0.1) is 17.4 Å². The van der Waals surface area contributed by atoms with E-state index in [-0.39, 0.29) is 41.2 Å². The molecule has 7 heteroatoms. The number of rotatable bonds is 3. The van der Waals surface area contributed by atoms with E-state index in [1.54, 1.807) is 4.90 Å². The smallest absolute Gasteiger partial charge is 0.227 e. The average molecular weight is 378 g/mol. The Hall–Kier alpha value is -1.89. The van der Waals surface area contributed by atoms with Crippen LogP contribution in [0.5, 0.6) is 0 Å². The van der Waals surface area contributed by atoms with Crippen molar-refractivity contribution in [2.75, 3.05) is 23.0 Å². The Morgan fingerprint density at radius 1 is 1.23 bits per heavy atom. The highest BCUT2D eigenvalue weighted by atomic mass is 32.2. The van der Waals surface area contributed by atoms with Crippen LogP contribution < -0.4 is 10.2 Å². The topological polar surface area (TPSA) is 83.6 Å². The molecule has 0 aliphatic carbocycles. The first-order valence-corrected chi connectivity index (χ1v) is 10.8. The molecule has 2 atom stereocenters. The average Bonchev–Trinajstić information content (AvgIpc) is 3.09. The maximum Gasteiger partial charge on any atom is 0.227 e. The van der Waals surface area contributed by atoms with E-state index in [0.717, 1.165) is 11.3 Å². The van der Waals surface area contributed by atoms with Gasteiger partial charge in [0.15, 0.2) is 9.84 Å². The minimum Gasteiger partial charge on any atom is -0.352 e. The molecule has 2 unspecified atom stereocenters. The van der Waals surface area contributed by atoms with Crippen LogP contribution in [0, 0.1) is 5.92 Å². The number of carbonyl (C=O) groups is 2. The third-order valence-corrected chi connectivity index (χ3v) is 6.85. The number of benzene rings is 1. The van der Waals surface area contributed by atoms with Crippen molar-refractivity contribution in [2.24, 2.45) is 5.92 Å². The van der Waals surface area contributed by atoms with Crippen LogP contribution in [0.4, 0.5) is 5.69 Å². The van der Waals surface area contributed by atoms with E-state index in [1.165, 1.54) is 0 Å². The molecule has 1 N–H and O–H groups in total. The molecule has 3 rings (SSSR count). The van der Waals surface area contributed by atoms with Gasteiger partial charge >= 0.3 is 0 Å². The van der Waals surface area contributed by atoms with Crippen LogP contribution in [-0.2, 0) is 24.8 Å². The molecule has 2 amide bonds. The van der Waals surface area contributed by atoms with Gasteiger partial charge in [0.2, 0.25) is 11.8 Å². The van der Waals surface area contributed by atoms with Crippen molar-refractivity contribution in [1.82, 2.24) is 5.32 Å². The molecule has 0 spiro atoms. The van der Waals surface area contributed by atoms with E-state index in [1.807, 2.05) is 24.3 Å². The first-order valence-electron chi connectivity index (χ1n) is 8.97. The monoisotopic (exact) mass is 378 g/mol. The molecule has 2 aliphatic heterocycles. The molecular weight excluding hydrogens is 352 g/mol. The molecular formula is C19H26N2O4S. The van der Waals surface area contributed by atoms with E-state index in [9.17, 15) is 18.0 Å². The van der Waals surface area contributed by atoms with E-state index in [4.69, 9.17) is 0 Å². The SMILES string of the molecule is CC(C)(C)c1ccccc1N1CC(C(=O)NC2CCS(=O)(=O)C2)CC1=O. The fraction of sp³-hybridized carbons (Fsp3) is 0.579. The Balaban J connectivity index is 1.73. The number of amides is 2. The largest absolute Gasteiger partial charge is 0.352 e. The van der Waals surface area contributed by atoms with Crippen molar-refractivity contribution in [3.63, 3.8) is 0 Å². The third kappa shape index (κ3) is 3.92. The fourth-order valence-corrected chi connectivity index (χ4v) is 5.36. The third-order valence-electron chi connectivity index (χ3n) is 5.08. The number of hydrogen-bond acceptors (Lipinski definition) is 4. The standard InChI is InChI=1S/C19H26N2O4S/c1-19(2,3)15-6-4-5-7-16(15)21-11-13(10-17(21)22)18(23)20-14-8-9-26(24,25)12-14/h4-7,13-14H,8-12H2,1-3H3,(H,20,23). The summed E-state index contributed by atoms with van der Waals surface area (Å²) in [4.78, 5) is 26.8. The van der Waals surface area contributed by atoms with Crippen molar-refractivity contribution in [3.05, 3.63) is 29.8 Å². The van der Waals surface area contributed by atoms with Crippen LogP contribution in [0.1, 0.15) is 39.2 Å². The first-order chi connectivity index (χ1) is 12.1. The molecule has 26 heavy (non-hydrogen) atoms. The molecule has 2 aliphatic rings. The summed E-state index contributed by atoms with van der Waals surface area (Å²) >= 11 is 0. The molecule has 1 aromatic carbocycles. The van der Waals surface area contributed by atoms with E-state index in [2.05, 4.69) is 26.1 Å². The van der Waals surface area contributed by atoms with Crippen LogP contribution in [0.15, 0.2) is 24.3 Å². The molecule has 0 radical (unpaired) electrons. The van der Waals surface area contributed by atoms with Crippen LogP contribution in [0.2, 0.25) is 0 Å². The number of anilines is 1. The molecule has 2 heterocycles. The Bertz CT molecular complexity index is 826. The Morgan fingerprint density at radius 3 is 2.54 bits per heavy atom. The molecule has 1 aromatic rings. The maximum atomic E-state index is 12.6. The molecule has 0 aromatic heterocycles. The van der Waals surface area contributed by atoms with Crippen LogP contribution in [0.3, 0.4) is 0 Å². The summed E-state index contributed by atoms with van der Waals surface area (Å²) in [5, 5.41) is 2.82. The summed E-state index contributed by atoms with van der Waals surface area (Å²) in [5.74, 6) is -0.626. The number of carbonyl (C=O) groups excluding carboxylic acids is 2. The zero-order chi connectivity index (χ0) is 19.1. The quantitative estimate of drug-likeness (QED) is 0.867. The highest BCUT2D eigenvalue weighted by molar-refractivity contribution is 7.91. The number of hydrogen-bond donors (Lipinski definition) is 1. The van der Waals surface area contributed by atoms with Crippen LogP contribution >= 0.6 is 0 Å². The summed E-state index contributed by atoms with van der Waals surface area (Å²) in [5.41, 5.74) is 1.80. The van der Waals surface area contributed by atoms with Gasteiger partial charge < -0.3 is 10.2 Å². The van der Waals surface area contributed by atoms with Gasteiger partial charge in [-0.05, 0) is 23.5 Å². The van der Waals surface area contributed by atoms with Crippen molar-refractivity contribution in [3.8, 4) is 0 Å². The number of para-hydroxylation sites is 1. The second-order valence-electron chi connectivity index (χ2n) is 8.28. The highest BCUT2D eigenvalue weighted by Gasteiger charge is 2.38. The molecule has 6 nitrogen and oxygen atoms in total. The number of sulfone groups is 1. The number of nitrogens with zero attached hydrogens (tertiary/aromatic N) is 1. The molecule has 0 bridgehead atoms. The summed E-state index contributed by atoms with van der Waals surface area (Å²) in [6.07, 6.45) is 0.606. The lowest BCUT2D eigenvalue weighted by Crippen LogP contribution is -2.40. The van der Waals surface area contributed by atoms with Gasteiger partial charge in [-0.1, -0.05) is 39.0 Å². The maximum absolute atomic E-state index is 12.6. The minimum absolute atomic E-state index is 0.00399. The van der Waals surface area contributed by atoms with E-state index in [0.29, 0.717) is 13.0 Å². The zero-order valence-corrected chi connectivity index (χ0v) is 16.3. The van der Waals surface area contributed by atoms with E-state index >= 15 is 0 Å². The van der Waals surface area contributed by atoms with Crippen LogP contribution in [0.25, 0.3) is 0 Å². The number of nitrogens with one attached hydrogen (secondary N) is 1. The summed E-state index contributed by atoms with van der Waals surface area (Å²) in [7, 11) is -3.04. The van der Waals surface area contributed by atoms with Gasteiger partial charge in [0.1, 0.15) is 0 Å². The predicted molar refractivity (Wildman–Crippen MR) is 101 cm³/mol. The van der Waals surface area contributed by atoms with Gasteiger partial charge in [-0.3, -0.25) is 9.59 Å². The molecule has 0 saturated carbocycles. The Labute approximate surface area is 154 Å². The van der Waals surface area contributed by atoms with Gasteiger partial charge in [0.25, 0.3) is 0 Å². The lowest BCUT2D eigenvalue weighted by Gasteiger charge is -2.27. The Kier molecular flexibility index (Phi) is 4.86.